The highest BCUT2D eigenvalue weighted by Gasteiger charge is 2.28. The molecule has 2 aliphatic heterocycles. The van der Waals surface area contributed by atoms with Gasteiger partial charge in [0.2, 0.25) is 11.9 Å². The predicted octanol–water partition coefficient (Wildman–Crippen LogP) is 2.76. The standard InChI is InChI=1S/C21H25N5O3/c1-13-18(14(2)29-23-13)16-5-6-17-19-20(16)28-12-11-26(19)21(22-17)25-8-4-7-24(9-10-25)15(3)27/h5-6H,4,7-12H2,1-3H3. The van der Waals surface area contributed by atoms with Gasteiger partial charge in [0.15, 0.2) is 5.75 Å². The first-order chi connectivity index (χ1) is 14.0. The quantitative estimate of drug-likeness (QED) is 0.664. The number of benzene rings is 1. The molecule has 1 amide bonds. The summed E-state index contributed by atoms with van der Waals surface area (Å²) in [6, 6.07) is 4.10. The van der Waals surface area contributed by atoms with E-state index in [1.807, 2.05) is 18.7 Å². The van der Waals surface area contributed by atoms with E-state index in [0.29, 0.717) is 6.61 Å². The Balaban J connectivity index is 1.60. The van der Waals surface area contributed by atoms with Crippen molar-refractivity contribution in [3.8, 4) is 16.9 Å². The van der Waals surface area contributed by atoms with E-state index in [-0.39, 0.29) is 5.91 Å². The molecular formula is C21H25N5O3. The van der Waals surface area contributed by atoms with Gasteiger partial charge in [-0.2, -0.15) is 0 Å². The molecule has 0 aliphatic carbocycles. The van der Waals surface area contributed by atoms with Gasteiger partial charge >= 0.3 is 0 Å². The fourth-order valence-corrected chi connectivity index (χ4v) is 4.51. The fraction of sp³-hybridized carbons (Fsp3) is 0.476. The number of amides is 1. The number of nitrogens with zero attached hydrogens (tertiary/aromatic N) is 5. The molecule has 3 aromatic rings. The van der Waals surface area contributed by atoms with E-state index in [1.54, 1.807) is 6.92 Å². The molecule has 0 unspecified atom stereocenters. The highest BCUT2D eigenvalue weighted by atomic mass is 16.5. The average molecular weight is 395 g/mol. The number of carbonyl (C=O) groups excluding carboxylic acids is 1. The predicted molar refractivity (Wildman–Crippen MR) is 109 cm³/mol. The van der Waals surface area contributed by atoms with Gasteiger partial charge in [0.1, 0.15) is 17.9 Å². The summed E-state index contributed by atoms with van der Waals surface area (Å²) in [7, 11) is 0. The van der Waals surface area contributed by atoms with Crippen LogP contribution in [0, 0.1) is 13.8 Å². The van der Waals surface area contributed by atoms with Gasteiger partial charge in [0.25, 0.3) is 0 Å². The highest BCUT2D eigenvalue weighted by molar-refractivity contribution is 5.93. The second-order valence-electron chi connectivity index (χ2n) is 7.77. The van der Waals surface area contributed by atoms with Crippen LogP contribution in [0.2, 0.25) is 0 Å². The lowest BCUT2D eigenvalue weighted by Crippen LogP contribution is -2.34. The first-order valence-electron chi connectivity index (χ1n) is 10.1. The lowest BCUT2D eigenvalue weighted by molar-refractivity contribution is -0.128. The van der Waals surface area contributed by atoms with E-state index < -0.39 is 0 Å². The van der Waals surface area contributed by atoms with Crippen molar-refractivity contribution in [2.45, 2.75) is 33.7 Å². The molecule has 2 aromatic heterocycles. The Hall–Kier alpha value is -3.03. The summed E-state index contributed by atoms with van der Waals surface area (Å²) >= 11 is 0. The van der Waals surface area contributed by atoms with E-state index in [0.717, 1.165) is 84.5 Å². The maximum atomic E-state index is 11.8. The summed E-state index contributed by atoms with van der Waals surface area (Å²) in [6.07, 6.45) is 0.941. The summed E-state index contributed by atoms with van der Waals surface area (Å²) < 4.78 is 13.8. The van der Waals surface area contributed by atoms with Gasteiger partial charge in [0, 0.05) is 38.7 Å². The molecule has 1 saturated heterocycles. The highest BCUT2D eigenvalue weighted by Crippen LogP contribution is 2.42. The van der Waals surface area contributed by atoms with Crippen molar-refractivity contribution in [2.75, 3.05) is 37.7 Å². The van der Waals surface area contributed by atoms with Crippen molar-refractivity contribution >= 4 is 22.9 Å². The van der Waals surface area contributed by atoms with Crippen LogP contribution in [0.5, 0.6) is 5.75 Å². The van der Waals surface area contributed by atoms with E-state index in [1.165, 1.54) is 0 Å². The Morgan fingerprint density at radius 1 is 1.10 bits per heavy atom. The number of imidazole rings is 1. The van der Waals surface area contributed by atoms with Crippen LogP contribution >= 0.6 is 0 Å². The zero-order valence-electron chi connectivity index (χ0n) is 17.1. The van der Waals surface area contributed by atoms with Crippen molar-refractivity contribution in [3.63, 3.8) is 0 Å². The molecule has 8 nitrogen and oxygen atoms in total. The molecule has 2 aliphatic rings. The summed E-state index contributed by atoms with van der Waals surface area (Å²) in [5, 5.41) is 4.11. The molecular weight excluding hydrogens is 370 g/mol. The number of aryl methyl sites for hydroxylation is 2. The van der Waals surface area contributed by atoms with E-state index >= 15 is 0 Å². The van der Waals surface area contributed by atoms with Crippen molar-refractivity contribution < 1.29 is 14.1 Å². The second kappa shape index (κ2) is 6.79. The Bertz CT molecular complexity index is 1080. The minimum atomic E-state index is 0.140. The largest absolute Gasteiger partial charge is 0.489 e. The van der Waals surface area contributed by atoms with E-state index in [2.05, 4.69) is 26.8 Å². The monoisotopic (exact) mass is 395 g/mol. The van der Waals surface area contributed by atoms with Crippen molar-refractivity contribution in [1.82, 2.24) is 19.6 Å². The van der Waals surface area contributed by atoms with Gasteiger partial charge in [-0.15, -0.1) is 0 Å². The van der Waals surface area contributed by atoms with Crippen molar-refractivity contribution in [1.29, 1.82) is 0 Å². The van der Waals surface area contributed by atoms with Crippen molar-refractivity contribution in [3.05, 3.63) is 23.6 Å². The summed E-state index contributed by atoms with van der Waals surface area (Å²) in [5.74, 6) is 2.74. The number of hydrogen-bond donors (Lipinski definition) is 0. The number of anilines is 1. The molecule has 0 spiro atoms. The van der Waals surface area contributed by atoms with Gasteiger partial charge in [-0.25, -0.2) is 4.98 Å². The van der Waals surface area contributed by atoms with Crippen LogP contribution in [0.4, 0.5) is 5.95 Å². The third-order valence-corrected chi connectivity index (χ3v) is 5.93. The van der Waals surface area contributed by atoms with Crippen molar-refractivity contribution in [2.24, 2.45) is 0 Å². The molecule has 0 radical (unpaired) electrons. The minimum absolute atomic E-state index is 0.140. The van der Waals surface area contributed by atoms with Crippen LogP contribution in [0.15, 0.2) is 16.7 Å². The zero-order valence-corrected chi connectivity index (χ0v) is 17.1. The molecule has 1 fully saturated rings. The van der Waals surface area contributed by atoms with Gasteiger partial charge in [-0.1, -0.05) is 5.16 Å². The zero-order chi connectivity index (χ0) is 20.1. The maximum absolute atomic E-state index is 11.8. The van der Waals surface area contributed by atoms with E-state index in [4.69, 9.17) is 14.2 Å². The van der Waals surface area contributed by atoms with Gasteiger partial charge in [-0.05, 0) is 32.4 Å². The number of rotatable bonds is 2. The Morgan fingerprint density at radius 3 is 2.72 bits per heavy atom. The SMILES string of the molecule is CC(=O)N1CCCN(c2nc3ccc(-c4c(C)noc4C)c4c3n2CCO4)CC1. The molecule has 29 heavy (non-hydrogen) atoms. The number of aromatic nitrogens is 3. The Labute approximate surface area is 169 Å². The van der Waals surface area contributed by atoms with Crippen LogP contribution in [0.25, 0.3) is 22.2 Å². The first-order valence-corrected chi connectivity index (χ1v) is 10.1. The van der Waals surface area contributed by atoms with E-state index in [9.17, 15) is 4.79 Å². The van der Waals surface area contributed by atoms with Crippen LogP contribution in [0.3, 0.4) is 0 Å². The van der Waals surface area contributed by atoms with Gasteiger partial charge in [-0.3, -0.25) is 4.79 Å². The topological polar surface area (TPSA) is 76.6 Å². The molecule has 0 atom stereocenters. The third-order valence-electron chi connectivity index (χ3n) is 5.93. The van der Waals surface area contributed by atoms with Crippen LogP contribution in [0.1, 0.15) is 24.8 Å². The van der Waals surface area contributed by atoms with Crippen LogP contribution in [-0.4, -0.2) is 58.3 Å². The lowest BCUT2D eigenvalue weighted by atomic mass is 10.0. The Kier molecular flexibility index (Phi) is 4.22. The van der Waals surface area contributed by atoms with Crippen LogP contribution < -0.4 is 9.64 Å². The molecule has 5 rings (SSSR count). The number of carbonyl (C=O) groups is 1. The second-order valence-corrected chi connectivity index (χ2v) is 7.77. The van der Waals surface area contributed by atoms with Crippen LogP contribution in [-0.2, 0) is 11.3 Å². The molecule has 152 valence electrons. The smallest absolute Gasteiger partial charge is 0.219 e. The molecule has 0 saturated carbocycles. The number of ether oxygens (including phenoxy) is 1. The maximum Gasteiger partial charge on any atom is 0.219 e. The lowest BCUT2D eigenvalue weighted by Gasteiger charge is -2.25. The summed E-state index contributed by atoms with van der Waals surface area (Å²) in [4.78, 5) is 20.9. The minimum Gasteiger partial charge on any atom is -0.489 e. The molecule has 1 aromatic carbocycles. The summed E-state index contributed by atoms with van der Waals surface area (Å²) in [6.45, 7) is 10.1. The normalized spacial score (nSPS) is 16.8. The fourth-order valence-electron chi connectivity index (χ4n) is 4.51. The Morgan fingerprint density at radius 2 is 1.97 bits per heavy atom. The summed E-state index contributed by atoms with van der Waals surface area (Å²) in [5.41, 5.74) is 4.80. The third kappa shape index (κ3) is 2.85. The molecule has 8 heteroatoms. The molecule has 4 heterocycles. The molecule has 0 N–H and O–H groups in total. The first kappa shape index (κ1) is 18.0. The van der Waals surface area contributed by atoms with Gasteiger partial charge < -0.3 is 23.6 Å². The molecule has 0 bridgehead atoms. The average Bonchev–Trinajstić information content (AvgIpc) is 3.13. The number of hydrogen-bond acceptors (Lipinski definition) is 6. The van der Waals surface area contributed by atoms with Gasteiger partial charge in [0.05, 0.1) is 23.3 Å².